The van der Waals surface area contributed by atoms with E-state index in [1.807, 2.05) is 44.4 Å². The molecule has 1 aliphatic carbocycles. The third-order valence-electron chi connectivity index (χ3n) is 5.16. The van der Waals surface area contributed by atoms with E-state index < -0.39 is 0 Å². The van der Waals surface area contributed by atoms with Crippen molar-refractivity contribution in [2.24, 2.45) is 0 Å². The van der Waals surface area contributed by atoms with E-state index in [-0.39, 0.29) is 29.7 Å². The van der Waals surface area contributed by atoms with Crippen LogP contribution in [0.15, 0.2) is 57.6 Å². The summed E-state index contributed by atoms with van der Waals surface area (Å²) in [6.07, 6.45) is 1.05. The van der Waals surface area contributed by atoms with Gasteiger partial charge in [-0.25, -0.2) is 4.79 Å². The molecule has 0 radical (unpaired) electrons. The third-order valence-corrected chi connectivity index (χ3v) is 7.14. The minimum atomic E-state index is -0.349. The maximum Gasteiger partial charge on any atom is 0.337 e. The predicted molar refractivity (Wildman–Crippen MR) is 112 cm³/mol. The number of Topliss-reactive ketones (excluding diaryl/α,β-unsaturated/α-hetero) is 1. The van der Waals surface area contributed by atoms with Gasteiger partial charge >= 0.3 is 5.97 Å². The summed E-state index contributed by atoms with van der Waals surface area (Å²) in [4.78, 5) is 28.4. The summed E-state index contributed by atoms with van der Waals surface area (Å²) in [6.45, 7) is 5.58. The van der Waals surface area contributed by atoms with Gasteiger partial charge in [0.1, 0.15) is 0 Å². The van der Waals surface area contributed by atoms with E-state index >= 15 is 0 Å². The Labute approximate surface area is 172 Å². The first-order valence-corrected chi connectivity index (χ1v) is 11.2. The second-order valence-electron chi connectivity index (χ2n) is 7.50. The van der Waals surface area contributed by atoms with Crippen molar-refractivity contribution in [3.63, 3.8) is 0 Å². The van der Waals surface area contributed by atoms with E-state index in [0.29, 0.717) is 12.0 Å². The van der Waals surface area contributed by atoms with Gasteiger partial charge in [-0.1, -0.05) is 12.1 Å². The fourth-order valence-corrected chi connectivity index (χ4v) is 5.73. The molecular weight excluding hydrogens is 390 g/mol. The molecule has 2 aliphatic rings. The molecule has 1 N–H and O–H groups in total. The zero-order valence-corrected chi connectivity index (χ0v) is 17.8. The van der Waals surface area contributed by atoms with Crippen molar-refractivity contribution in [3.8, 4) is 0 Å². The van der Waals surface area contributed by atoms with Crippen LogP contribution in [0.1, 0.15) is 55.2 Å². The average molecular weight is 414 g/mol. The van der Waals surface area contributed by atoms with Gasteiger partial charge in [-0.15, -0.1) is 22.7 Å². The predicted octanol–water partition coefficient (Wildman–Crippen LogP) is 5.12. The number of carbonyl (C=O) groups is 2. The number of dihydropyridines is 1. The summed E-state index contributed by atoms with van der Waals surface area (Å²) in [5.74, 6) is -0.384. The third kappa shape index (κ3) is 3.47. The van der Waals surface area contributed by atoms with Gasteiger partial charge in [0.05, 0.1) is 17.6 Å². The maximum atomic E-state index is 13.3. The Morgan fingerprint density at radius 1 is 1.14 bits per heavy atom. The molecule has 0 bridgehead atoms. The molecule has 146 valence electrons. The number of nitrogens with one attached hydrogen (secondary N) is 1. The number of hydrogen-bond donors (Lipinski definition) is 1. The highest BCUT2D eigenvalue weighted by atomic mass is 32.1. The molecule has 28 heavy (non-hydrogen) atoms. The molecule has 4 rings (SSSR count). The van der Waals surface area contributed by atoms with Gasteiger partial charge in [-0.3, -0.25) is 4.79 Å². The lowest BCUT2D eigenvalue weighted by Crippen LogP contribution is -2.36. The normalized spacial score (nSPS) is 22.4. The summed E-state index contributed by atoms with van der Waals surface area (Å²) in [7, 11) is 0. The molecule has 2 aromatic rings. The number of ketones is 1. The van der Waals surface area contributed by atoms with Crippen LogP contribution in [0.4, 0.5) is 0 Å². The zero-order chi connectivity index (χ0) is 19.8. The topological polar surface area (TPSA) is 55.4 Å². The van der Waals surface area contributed by atoms with E-state index in [2.05, 4.69) is 16.8 Å². The molecule has 0 unspecified atom stereocenters. The van der Waals surface area contributed by atoms with E-state index in [9.17, 15) is 9.59 Å². The second-order valence-corrected chi connectivity index (χ2v) is 9.46. The van der Waals surface area contributed by atoms with Crippen molar-refractivity contribution in [1.29, 1.82) is 0 Å². The number of thiophene rings is 2. The van der Waals surface area contributed by atoms with E-state index in [1.165, 1.54) is 4.88 Å². The highest BCUT2D eigenvalue weighted by molar-refractivity contribution is 7.10. The number of esters is 1. The standard InChI is InChI=1S/C22H23NO3S2/c1-12(2)26-22(25)19-13(3)23-15-10-14(17-6-4-8-27-17)11-16(24)20(15)21(19)18-7-5-9-28-18/h4-9,12,14,21,23H,10-11H2,1-3H3/t14-,21-/m1/s1. The van der Waals surface area contributed by atoms with Crippen LogP contribution in [-0.2, 0) is 14.3 Å². The summed E-state index contributed by atoms with van der Waals surface area (Å²) in [6, 6.07) is 8.09. The highest BCUT2D eigenvalue weighted by Crippen LogP contribution is 2.47. The molecular formula is C22H23NO3S2. The summed E-state index contributed by atoms with van der Waals surface area (Å²) in [5, 5.41) is 7.42. The van der Waals surface area contributed by atoms with Gasteiger partial charge in [0, 0.05) is 39.1 Å². The Hall–Kier alpha value is -2.18. The SMILES string of the molecule is CC1=C(C(=O)OC(C)C)[C@@H](c2cccs2)C2=C(C[C@@H](c3cccs3)CC2=O)N1. The number of allylic oxidation sites excluding steroid dienone is 3. The van der Waals surface area contributed by atoms with Crippen LogP contribution in [-0.4, -0.2) is 17.9 Å². The van der Waals surface area contributed by atoms with Crippen LogP contribution in [0, 0.1) is 0 Å². The van der Waals surface area contributed by atoms with Crippen LogP contribution < -0.4 is 5.32 Å². The Morgan fingerprint density at radius 3 is 2.43 bits per heavy atom. The second kappa shape index (κ2) is 7.68. The summed E-state index contributed by atoms with van der Waals surface area (Å²) >= 11 is 3.27. The lowest BCUT2D eigenvalue weighted by atomic mass is 9.74. The lowest BCUT2D eigenvalue weighted by Gasteiger charge is -2.36. The van der Waals surface area contributed by atoms with Crippen molar-refractivity contribution in [3.05, 3.63) is 67.3 Å². The molecule has 0 aromatic carbocycles. The van der Waals surface area contributed by atoms with Crippen molar-refractivity contribution in [1.82, 2.24) is 5.32 Å². The first-order chi connectivity index (χ1) is 13.5. The average Bonchev–Trinajstić information content (AvgIpc) is 3.33. The van der Waals surface area contributed by atoms with E-state index in [4.69, 9.17) is 4.74 Å². The molecule has 2 aromatic heterocycles. The zero-order valence-electron chi connectivity index (χ0n) is 16.2. The lowest BCUT2D eigenvalue weighted by molar-refractivity contribution is -0.143. The van der Waals surface area contributed by atoms with Crippen molar-refractivity contribution in [2.75, 3.05) is 0 Å². The van der Waals surface area contributed by atoms with Crippen molar-refractivity contribution in [2.45, 2.75) is 51.6 Å². The Kier molecular flexibility index (Phi) is 5.25. The van der Waals surface area contributed by atoms with Gasteiger partial charge in [-0.2, -0.15) is 0 Å². The number of carbonyl (C=O) groups excluding carboxylic acids is 2. The molecule has 0 fully saturated rings. The molecule has 0 spiro atoms. The van der Waals surface area contributed by atoms with Crippen molar-refractivity contribution >= 4 is 34.4 Å². The van der Waals surface area contributed by atoms with Crippen LogP contribution >= 0.6 is 22.7 Å². The van der Waals surface area contributed by atoms with Crippen LogP contribution in [0.2, 0.25) is 0 Å². The van der Waals surface area contributed by atoms with Gasteiger partial charge < -0.3 is 10.1 Å². The quantitative estimate of drug-likeness (QED) is 0.707. The minimum Gasteiger partial charge on any atom is -0.460 e. The molecule has 3 heterocycles. The first-order valence-electron chi connectivity index (χ1n) is 9.47. The fourth-order valence-electron chi connectivity index (χ4n) is 4.05. The van der Waals surface area contributed by atoms with E-state index in [0.717, 1.165) is 28.3 Å². The Morgan fingerprint density at radius 2 is 1.82 bits per heavy atom. The van der Waals surface area contributed by atoms with Crippen LogP contribution in [0.3, 0.4) is 0 Å². The highest BCUT2D eigenvalue weighted by Gasteiger charge is 2.42. The van der Waals surface area contributed by atoms with E-state index in [1.54, 1.807) is 22.7 Å². The molecule has 4 nitrogen and oxygen atoms in total. The fraction of sp³-hybridized carbons (Fsp3) is 0.364. The Bertz CT molecular complexity index is 952. The number of rotatable bonds is 4. The van der Waals surface area contributed by atoms with Gasteiger partial charge in [0.15, 0.2) is 5.78 Å². The maximum absolute atomic E-state index is 13.3. The minimum absolute atomic E-state index is 0.118. The molecule has 2 atom stereocenters. The molecule has 0 saturated heterocycles. The van der Waals surface area contributed by atoms with Gasteiger partial charge in [-0.05, 0) is 50.1 Å². The van der Waals surface area contributed by atoms with Crippen LogP contribution in [0.5, 0.6) is 0 Å². The van der Waals surface area contributed by atoms with Crippen LogP contribution in [0.25, 0.3) is 0 Å². The largest absolute Gasteiger partial charge is 0.460 e. The first kappa shape index (κ1) is 19.2. The summed E-state index contributed by atoms with van der Waals surface area (Å²) < 4.78 is 5.52. The monoisotopic (exact) mass is 413 g/mol. The summed E-state index contributed by atoms with van der Waals surface area (Å²) in [5.41, 5.74) is 3.02. The molecule has 1 aliphatic heterocycles. The smallest absolute Gasteiger partial charge is 0.337 e. The number of hydrogen-bond acceptors (Lipinski definition) is 6. The molecule has 0 amide bonds. The molecule has 0 saturated carbocycles. The molecule has 6 heteroatoms. The Balaban J connectivity index is 1.77. The van der Waals surface area contributed by atoms with Gasteiger partial charge in [0.2, 0.25) is 0 Å². The van der Waals surface area contributed by atoms with Gasteiger partial charge in [0.25, 0.3) is 0 Å². The van der Waals surface area contributed by atoms with Crippen molar-refractivity contribution < 1.29 is 14.3 Å². The number of ether oxygens (including phenoxy) is 1.